The summed E-state index contributed by atoms with van der Waals surface area (Å²) < 4.78 is 19.1. The Hall–Kier alpha value is -2.50. The van der Waals surface area contributed by atoms with Gasteiger partial charge in [-0.2, -0.15) is 0 Å². The Balaban J connectivity index is 0.00000507. The fourth-order valence-corrected chi connectivity index (χ4v) is 5.43. The van der Waals surface area contributed by atoms with Gasteiger partial charge >= 0.3 is 0 Å². The first-order chi connectivity index (χ1) is 17.6. The highest BCUT2D eigenvalue weighted by Gasteiger charge is 2.45. The maximum atomic E-state index is 13.7. The molecule has 1 heterocycles. The van der Waals surface area contributed by atoms with Gasteiger partial charge in [0.2, 0.25) is 12.2 Å². The van der Waals surface area contributed by atoms with Crippen LogP contribution in [-0.4, -0.2) is 76.2 Å². The minimum atomic E-state index is -1.07. The molecule has 1 aliphatic rings. The van der Waals surface area contributed by atoms with Crippen LogP contribution in [0.3, 0.4) is 0 Å². The summed E-state index contributed by atoms with van der Waals surface area (Å²) in [5.74, 6) is -0.685. The van der Waals surface area contributed by atoms with Gasteiger partial charge in [0, 0.05) is 17.9 Å². The number of Topliss-reactive ketones (excluding diaryl/α,β-unsaturated/α-hetero) is 1. The van der Waals surface area contributed by atoms with Crippen LogP contribution in [0.25, 0.3) is 0 Å². The molecule has 0 bridgehead atoms. The molecule has 1 saturated carbocycles. The van der Waals surface area contributed by atoms with Gasteiger partial charge in [0.1, 0.15) is 17.5 Å². The Morgan fingerprint density at radius 2 is 1.82 bits per heavy atom. The number of aromatic nitrogens is 2. The summed E-state index contributed by atoms with van der Waals surface area (Å²) in [7, 11) is 3.92. The molecule has 1 aliphatic carbocycles. The molecule has 38 heavy (non-hydrogen) atoms. The average Bonchev–Trinajstić information content (AvgIpc) is 3.33. The molecular formula is C26H37ClFN5O4S. The van der Waals surface area contributed by atoms with Crippen molar-refractivity contribution in [1.82, 2.24) is 25.3 Å². The standard InChI is InChI=1S/C26H36FN5O4S.ClH/c1-18(2)16-21(22(34)24-29-30-25(36-24)37-15-14-31(3)4)32(17-33)26(12-6-5-7-13-26)28-23(35)19-8-10-20(27)11-9-19;/h8-11,17-18,21H,5-7,12-16H2,1-4H3,(H,28,35);1H. The van der Waals surface area contributed by atoms with Crippen molar-refractivity contribution in [3.63, 3.8) is 0 Å². The number of hydrogen-bond donors (Lipinski definition) is 1. The second kappa shape index (κ2) is 14.6. The number of nitrogens with zero attached hydrogens (tertiary/aromatic N) is 4. The van der Waals surface area contributed by atoms with Crippen LogP contribution in [0.1, 0.15) is 73.4 Å². The minimum Gasteiger partial charge on any atom is -0.408 e. The van der Waals surface area contributed by atoms with Crippen LogP contribution in [-0.2, 0) is 4.79 Å². The third-order valence-electron chi connectivity index (χ3n) is 6.46. The van der Waals surface area contributed by atoms with Gasteiger partial charge in [-0.05, 0) is 76.4 Å². The van der Waals surface area contributed by atoms with E-state index in [9.17, 15) is 18.8 Å². The van der Waals surface area contributed by atoms with Gasteiger partial charge in [-0.1, -0.05) is 32.0 Å². The number of benzene rings is 1. The number of thioether (sulfide) groups is 1. The van der Waals surface area contributed by atoms with Gasteiger partial charge in [0.05, 0.1) is 0 Å². The summed E-state index contributed by atoms with van der Waals surface area (Å²) >= 11 is 1.36. The molecular weight excluding hydrogens is 533 g/mol. The van der Waals surface area contributed by atoms with Crippen molar-refractivity contribution in [3.05, 3.63) is 41.5 Å². The van der Waals surface area contributed by atoms with Crippen LogP contribution in [0.15, 0.2) is 33.9 Å². The summed E-state index contributed by atoms with van der Waals surface area (Å²) in [5, 5.41) is 11.3. The summed E-state index contributed by atoms with van der Waals surface area (Å²) in [6, 6.07) is 4.34. The van der Waals surface area contributed by atoms with Crippen molar-refractivity contribution in [2.45, 2.75) is 69.3 Å². The van der Waals surface area contributed by atoms with E-state index in [2.05, 4.69) is 15.5 Å². The molecule has 2 aromatic rings. The van der Waals surface area contributed by atoms with Crippen molar-refractivity contribution >= 4 is 42.3 Å². The second-order valence-corrected chi connectivity index (χ2v) is 11.1. The van der Waals surface area contributed by atoms with Gasteiger partial charge in [0.15, 0.2) is 0 Å². The first-order valence-electron chi connectivity index (χ1n) is 12.6. The average molecular weight is 570 g/mol. The molecule has 1 atom stereocenters. The quantitative estimate of drug-likeness (QED) is 0.163. The van der Waals surface area contributed by atoms with Gasteiger partial charge < -0.3 is 19.5 Å². The summed E-state index contributed by atoms with van der Waals surface area (Å²) in [6.45, 7) is 4.73. The molecule has 210 valence electrons. The topological polar surface area (TPSA) is 109 Å². The van der Waals surface area contributed by atoms with E-state index in [1.807, 2.05) is 32.8 Å². The Labute approximate surface area is 233 Å². The van der Waals surface area contributed by atoms with Crippen LogP contribution < -0.4 is 5.32 Å². The molecule has 1 N–H and O–H groups in total. The lowest BCUT2D eigenvalue weighted by Crippen LogP contribution is -2.65. The van der Waals surface area contributed by atoms with Crippen molar-refractivity contribution in [2.24, 2.45) is 5.92 Å². The lowest BCUT2D eigenvalue weighted by Gasteiger charge is -2.48. The molecule has 0 aliphatic heterocycles. The molecule has 1 unspecified atom stereocenters. The van der Waals surface area contributed by atoms with E-state index in [0.29, 0.717) is 30.9 Å². The zero-order valence-electron chi connectivity index (χ0n) is 22.3. The predicted octanol–water partition coefficient (Wildman–Crippen LogP) is 4.43. The van der Waals surface area contributed by atoms with Crippen LogP contribution in [0.4, 0.5) is 4.39 Å². The highest BCUT2D eigenvalue weighted by Crippen LogP contribution is 2.35. The van der Waals surface area contributed by atoms with Crippen LogP contribution >= 0.6 is 24.2 Å². The van der Waals surface area contributed by atoms with E-state index in [1.165, 1.54) is 40.9 Å². The predicted molar refractivity (Wildman–Crippen MR) is 146 cm³/mol. The number of nitrogens with one attached hydrogen (secondary N) is 1. The smallest absolute Gasteiger partial charge is 0.286 e. The van der Waals surface area contributed by atoms with E-state index >= 15 is 0 Å². The van der Waals surface area contributed by atoms with Gasteiger partial charge in [-0.3, -0.25) is 14.4 Å². The zero-order valence-corrected chi connectivity index (χ0v) is 23.9. The Morgan fingerprint density at radius 1 is 1.16 bits per heavy atom. The summed E-state index contributed by atoms with van der Waals surface area (Å²) in [5.41, 5.74) is -0.787. The second-order valence-electron chi connectivity index (χ2n) is 10.1. The molecule has 0 spiro atoms. The molecule has 12 heteroatoms. The lowest BCUT2D eigenvalue weighted by molar-refractivity contribution is -0.129. The number of amides is 2. The lowest BCUT2D eigenvalue weighted by atomic mass is 9.84. The third kappa shape index (κ3) is 8.25. The van der Waals surface area contributed by atoms with E-state index in [-0.39, 0.29) is 29.8 Å². The Morgan fingerprint density at radius 3 is 2.39 bits per heavy atom. The number of carbonyl (C=O) groups excluding carboxylic acids is 3. The van der Waals surface area contributed by atoms with Crippen LogP contribution in [0, 0.1) is 11.7 Å². The van der Waals surface area contributed by atoms with Gasteiger partial charge in [0.25, 0.3) is 17.0 Å². The number of ketones is 1. The number of rotatable bonds is 13. The number of halogens is 2. The molecule has 0 radical (unpaired) electrons. The molecule has 3 rings (SSSR count). The number of carbonyl (C=O) groups is 3. The van der Waals surface area contributed by atoms with Crippen LogP contribution in [0.2, 0.25) is 0 Å². The molecule has 1 aromatic heterocycles. The van der Waals surface area contributed by atoms with Gasteiger partial charge in [-0.25, -0.2) is 4.39 Å². The Kier molecular flexibility index (Phi) is 12.2. The third-order valence-corrected chi connectivity index (χ3v) is 7.25. The van der Waals surface area contributed by atoms with E-state index < -0.39 is 29.2 Å². The zero-order chi connectivity index (χ0) is 27.0. The monoisotopic (exact) mass is 569 g/mol. The van der Waals surface area contributed by atoms with E-state index in [1.54, 1.807) is 0 Å². The van der Waals surface area contributed by atoms with Crippen molar-refractivity contribution in [2.75, 3.05) is 26.4 Å². The Bertz CT molecular complexity index is 1060. The van der Waals surface area contributed by atoms with Crippen molar-refractivity contribution in [1.29, 1.82) is 0 Å². The fraction of sp³-hybridized carbons (Fsp3) is 0.577. The first kappa shape index (κ1) is 31.7. The van der Waals surface area contributed by atoms with E-state index in [4.69, 9.17) is 4.42 Å². The summed E-state index contributed by atoms with van der Waals surface area (Å²) in [6.07, 6.45) is 4.52. The fourth-order valence-electron chi connectivity index (χ4n) is 4.56. The van der Waals surface area contributed by atoms with Crippen molar-refractivity contribution in [3.8, 4) is 0 Å². The molecule has 9 nitrogen and oxygen atoms in total. The molecule has 2 amide bonds. The SMILES string of the molecule is CC(C)CC(C(=O)c1nnc(SCCN(C)C)o1)N(C=O)C1(NC(=O)c2ccc(F)cc2)CCCCC1.Cl. The largest absolute Gasteiger partial charge is 0.408 e. The highest BCUT2D eigenvalue weighted by molar-refractivity contribution is 7.99. The summed E-state index contributed by atoms with van der Waals surface area (Å²) in [4.78, 5) is 43.0. The van der Waals surface area contributed by atoms with Gasteiger partial charge in [-0.15, -0.1) is 22.6 Å². The van der Waals surface area contributed by atoms with Crippen molar-refractivity contribution < 1.29 is 23.2 Å². The molecule has 1 aromatic carbocycles. The maximum absolute atomic E-state index is 13.7. The maximum Gasteiger partial charge on any atom is 0.286 e. The van der Waals surface area contributed by atoms with E-state index in [0.717, 1.165) is 31.6 Å². The normalized spacial score (nSPS) is 15.6. The number of hydrogen-bond acceptors (Lipinski definition) is 8. The molecule has 1 fully saturated rings. The van der Waals surface area contributed by atoms with Crippen LogP contribution in [0.5, 0.6) is 0 Å². The minimum absolute atomic E-state index is 0. The molecule has 0 saturated heterocycles. The first-order valence-corrected chi connectivity index (χ1v) is 13.6. The highest BCUT2D eigenvalue weighted by atomic mass is 35.5.